The Labute approximate surface area is 227 Å². The average molecular weight is 493 g/mol. The zero-order chi connectivity index (χ0) is 25.5. The average Bonchev–Trinajstić information content (AvgIpc) is 3.67. The van der Waals surface area contributed by atoms with E-state index in [1.165, 1.54) is 88.4 Å². The Morgan fingerprint density at radius 1 is 0.410 bits per heavy atom. The first kappa shape index (κ1) is 21.0. The maximum Gasteiger partial charge on any atom is -0.000730 e. The number of allylic oxidation sites excluding steroid dienone is 4. The molecule has 0 saturated carbocycles. The van der Waals surface area contributed by atoms with Crippen LogP contribution in [0.15, 0.2) is 133 Å². The minimum Gasteiger partial charge on any atom is -0.0622 e. The molecule has 39 heavy (non-hydrogen) atoms. The van der Waals surface area contributed by atoms with Gasteiger partial charge in [0.1, 0.15) is 0 Å². The van der Waals surface area contributed by atoms with Crippen LogP contribution in [0.3, 0.4) is 0 Å². The molecule has 0 aliphatic heterocycles. The van der Waals surface area contributed by atoms with Crippen molar-refractivity contribution in [3.05, 3.63) is 172 Å². The molecule has 0 nitrogen and oxygen atoms in total. The van der Waals surface area contributed by atoms with Crippen molar-refractivity contribution in [1.29, 1.82) is 0 Å². The van der Waals surface area contributed by atoms with Crippen molar-refractivity contribution in [1.82, 2.24) is 0 Å². The van der Waals surface area contributed by atoms with Gasteiger partial charge in [0.05, 0.1) is 0 Å². The molecule has 3 aliphatic rings. The van der Waals surface area contributed by atoms with Crippen LogP contribution in [0.25, 0.3) is 49.9 Å². The summed E-state index contributed by atoms with van der Waals surface area (Å²) >= 11 is 0. The summed E-state index contributed by atoms with van der Waals surface area (Å²) in [6.45, 7) is 0. The third-order valence-corrected chi connectivity index (χ3v) is 8.80. The van der Waals surface area contributed by atoms with E-state index in [2.05, 4.69) is 133 Å². The number of hydrogen-bond donors (Lipinski definition) is 0. The van der Waals surface area contributed by atoms with Gasteiger partial charge in [-0.25, -0.2) is 0 Å². The van der Waals surface area contributed by atoms with Gasteiger partial charge in [0.15, 0.2) is 0 Å². The highest BCUT2D eigenvalue weighted by Crippen LogP contribution is 2.61. The van der Waals surface area contributed by atoms with Crippen LogP contribution in [-0.4, -0.2) is 0 Å². The van der Waals surface area contributed by atoms with Gasteiger partial charge in [-0.05, 0) is 94.8 Å². The molecule has 0 atom stereocenters. The summed E-state index contributed by atoms with van der Waals surface area (Å²) in [6.07, 6.45) is 3.40. The van der Waals surface area contributed by atoms with Crippen LogP contribution < -0.4 is 0 Å². The summed E-state index contributed by atoms with van der Waals surface area (Å²) in [5, 5.41) is 5.25. The molecule has 0 fully saturated rings. The van der Waals surface area contributed by atoms with Crippen molar-refractivity contribution in [3.63, 3.8) is 0 Å². The van der Waals surface area contributed by atoms with Gasteiger partial charge in [0, 0.05) is 0 Å². The van der Waals surface area contributed by atoms with Gasteiger partial charge >= 0.3 is 0 Å². The van der Waals surface area contributed by atoms with Crippen molar-refractivity contribution in [2.45, 2.75) is 6.42 Å². The Hall–Kier alpha value is -4.94. The molecule has 0 aromatic heterocycles. The summed E-state index contributed by atoms with van der Waals surface area (Å²) < 4.78 is 0. The van der Waals surface area contributed by atoms with Crippen LogP contribution >= 0.6 is 0 Å². The highest BCUT2D eigenvalue weighted by atomic mass is 14.4. The summed E-state index contributed by atoms with van der Waals surface area (Å²) in [6, 6.07) is 47.0. The van der Waals surface area contributed by atoms with E-state index in [9.17, 15) is 0 Å². The largest absolute Gasteiger partial charge is 0.0622 e. The van der Waals surface area contributed by atoms with Crippen molar-refractivity contribution in [2.24, 2.45) is 0 Å². The molecule has 0 heteroatoms. The first-order valence-corrected chi connectivity index (χ1v) is 13.7. The zero-order valence-corrected chi connectivity index (χ0v) is 21.4. The van der Waals surface area contributed by atoms with E-state index in [4.69, 9.17) is 0 Å². The Kier molecular flexibility index (Phi) is 4.20. The highest BCUT2D eigenvalue weighted by Gasteiger charge is 2.40. The molecule has 0 N–H and O–H groups in total. The van der Waals surface area contributed by atoms with Gasteiger partial charge in [-0.3, -0.25) is 0 Å². The first-order chi connectivity index (χ1) is 19.4. The zero-order valence-electron chi connectivity index (χ0n) is 21.4. The van der Waals surface area contributed by atoms with Gasteiger partial charge < -0.3 is 0 Å². The molecule has 0 heterocycles. The van der Waals surface area contributed by atoms with Gasteiger partial charge in [0.2, 0.25) is 0 Å². The van der Waals surface area contributed by atoms with Crippen LogP contribution in [0.5, 0.6) is 0 Å². The lowest BCUT2D eigenvalue weighted by Gasteiger charge is -2.16. The smallest absolute Gasteiger partial charge is 0.000730 e. The predicted octanol–water partition coefficient (Wildman–Crippen LogP) is 9.83. The minimum atomic E-state index is 0.967. The van der Waals surface area contributed by atoms with Crippen molar-refractivity contribution in [3.8, 4) is 0 Å². The number of hydrogen-bond acceptors (Lipinski definition) is 0. The molecule has 0 saturated heterocycles. The fraction of sp³-hybridized carbons (Fsp3) is 0.0256. The maximum absolute atomic E-state index is 2.44. The van der Waals surface area contributed by atoms with Crippen molar-refractivity contribution in [2.75, 3.05) is 0 Å². The Bertz CT molecular complexity index is 2120. The molecule has 6 aromatic carbocycles. The summed E-state index contributed by atoms with van der Waals surface area (Å²) in [4.78, 5) is 0. The van der Waals surface area contributed by atoms with E-state index in [0.717, 1.165) is 6.42 Å². The maximum atomic E-state index is 2.44. The van der Waals surface area contributed by atoms with E-state index < -0.39 is 0 Å². The summed E-state index contributed by atoms with van der Waals surface area (Å²) in [5.41, 5.74) is 16.5. The third-order valence-electron chi connectivity index (χ3n) is 8.80. The molecule has 0 bridgehead atoms. The van der Waals surface area contributed by atoms with Crippen LogP contribution in [0.4, 0.5) is 0 Å². The SMILES string of the molecule is C1=C(C2=C3C(=C(c4ccccc4)c4c3ccc3ccccc43)c3ccc4ccccc4c32)Cc2ccccc21. The second-order valence-corrected chi connectivity index (χ2v) is 10.8. The van der Waals surface area contributed by atoms with E-state index in [1.54, 1.807) is 0 Å². The van der Waals surface area contributed by atoms with Gasteiger partial charge in [0.25, 0.3) is 0 Å². The number of fused-ring (bicyclic) bond motifs is 10. The van der Waals surface area contributed by atoms with Crippen molar-refractivity contribution < 1.29 is 0 Å². The lowest BCUT2D eigenvalue weighted by Crippen LogP contribution is -1.96. The predicted molar refractivity (Wildman–Crippen MR) is 165 cm³/mol. The molecular formula is C39H24. The van der Waals surface area contributed by atoms with Gasteiger partial charge in [-0.2, -0.15) is 0 Å². The molecule has 180 valence electrons. The third kappa shape index (κ3) is 2.84. The molecular weight excluding hydrogens is 468 g/mol. The fourth-order valence-electron chi connectivity index (χ4n) is 7.19. The van der Waals surface area contributed by atoms with E-state index in [0.29, 0.717) is 0 Å². The van der Waals surface area contributed by atoms with Crippen molar-refractivity contribution >= 4 is 49.9 Å². The molecule has 0 amide bonds. The summed E-state index contributed by atoms with van der Waals surface area (Å²) in [7, 11) is 0. The second kappa shape index (κ2) is 7.79. The standard InChI is InChI=1S/C39H24/c1-2-12-26(13-3-1)34-36-30-16-8-6-10-24(30)18-20-32(36)39-35(29-22-27-14-4-5-15-28(27)23-29)37-31-17-9-7-11-25(31)19-21-33(37)38(34)39/h1-22H,23H2. The van der Waals surface area contributed by atoms with Crippen LogP contribution in [0.2, 0.25) is 0 Å². The molecule has 0 unspecified atom stereocenters. The lowest BCUT2D eigenvalue weighted by molar-refractivity contribution is 1.26. The highest BCUT2D eigenvalue weighted by molar-refractivity contribution is 6.39. The molecule has 0 spiro atoms. The summed E-state index contributed by atoms with van der Waals surface area (Å²) in [5.74, 6) is 0. The molecule has 0 radical (unpaired) electrons. The number of rotatable bonds is 2. The normalized spacial score (nSPS) is 15.0. The monoisotopic (exact) mass is 492 g/mol. The quantitative estimate of drug-likeness (QED) is 0.226. The van der Waals surface area contributed by atoms with E-state index in [1.807, 2.05) is 0 Å². The molecule has 9 rings (SSSR count). The fourth-order valence-corrected chi connectivity index (χ4v) is 7.19. The van der Waals surface area contributed by atoms with E-state index >= 15 is 0 Å². The Morgan fingerprint density at radius 3 is 1.67 bits per heavy atom. The Balaban J connectivity index is 1.47. The first-order valence-electron chi connectivity index (χ1n) is 13.7. The van der Waals surface area contributed by atoms with Crippen LogP contribution in [-0.2, 0) is 6.42 Å². The Morgan fingerprint density at radius 2 is 0.974 bits per heavy atom. The van der Waals surface area contributed by atoms with Crippen LogP contribution in [0.1, 0.15) is 38.9 Å². The second-order valence-electron chi connectivity index (χ2n) is 10.8. The minimum absolute atomic E-state index is 0.967. The number of benzene rings is 6. The van der Waals surface area contributed by atoms with Gasteiger partial charge in [-0.15, -0.1) is 0 Å². The topological polar surface area (TPSA) is 0 Å². The lowest BCUT2D eigenvalue weighted by atomic mass is 9.87. The molecule has 6 aromatic rings. The van der Waals surface area contributed by atoms with Gasteiger partial charge in [-0.1, -0.05) is 133 Å². The molecule has 3 aliphatic carbocycles. The van der Waals surface area contributed by atoms with Crippen LogP contribution in [0, 0.1) is 0 Å². The van der Waals surface area contributed by atoms with E-state index in [-0.39, 0.29) is 0 Å².